The van der Waals surface area contributed by atoms with Gasteiger partial charge in [0.1, 0.15) is 11.5 Å². The van der Waals surface area contributed by atoms with Crippen molar-refractivity contribution in [2.24, 2.45) is 0 Å². The molecule has 26 heavy (non-hydrogen) atoms. The van der Waals surface area contributed by atoms with Crippen molar-refractivity contribution in [3.05, 3.63) is 59.7 Å². The maximum atomic E-state index is 11.0. The van der Waals surface area contributed by atoms with Gasteiger partial charge in [0.15, 0.2) is 6.10 Å². The molecule has 0 aliphatic heterocycles. The maximum absolute atomic E-state index is 11.0. The molecule has 0 heterocycles. The first-order chi connectivity index (χ1) is 12.6. The van der Waals surface area contributed by atoms with Gasteiger partial charge in [0, 0.05) is 20.0 Å². The number of ether oxygens (including phenoxy) is 3. The first-order valence-electron chi connectivity index (χ1n) is 8.22. The smallest absolute Gasteiger partial charge is 0.333 e. The minimum absolute atomic E-state index is 0.279. The molecular formula is C20H21NO5. The standard InChI is InChI=1S/C20H21NO5/c1-24-19(20(22)23)13-15-5-2-7-17(11-15)25-9-4-10-26-18-8-3-6-16(12-18)14-21/h2-3,5-8,11-12,19H,4,9-10,13H2,1H3,(H,22,23). The Morgan fingerprint density at radius 2 is 1.77 bits per heavy atom. The summed E-state index contributed by atoms with van der Waals surface area (Å²) in [5, 5.41) is 17.9. The van der Waals surface area contributed by atoms with Crippen LogP contribution in [0.3, 0.4) is 0 Å². The summed E-state index contributed by atoms with van der Waals surface area (Å²) in [7, 11) is 1.38. The first-order valence-corrected chi connectivity index (χ1v) is 8.22. The predicted octanol–water partition coefficient (Wildman–Crippen LogP) is 3.05. The molecular weight excluding hydrogens is 334 g/mol. The second-order valence-corrected chi connectivity index (χ2v) is 5.60. The number of nitrogens with zero attached hydrogens (tertiary/aromatic N) is 1. The Balaban J connectivity index is 1.76. The fraction of sp³-hybridized carbons (Fsp3) is 0.300. The van der Waals surface area contributed by atoms with Crippen LogP contribution in [0.5, 0.6) is 11.5 Å². The van der Waals surface area contributed by atoms with Crippen LogP contribution in [0.1, 0.15) is 17.5 Å². The highest BCUT2D eigenvalue weighted by molar-refractivity contribution is 5.72. The number of carbonyl (C=O) groups is 1. The zero-order chi connectivity index (χ0) is 18.8. The van der Waals surface area contributed by atoms with Crippen LogP contribution in [0.4, 0.5) is 0 Å². The molecule has 0 spiro atoms. The third-order valence-electron chi connectivity index (χ3n) is 3.67. The Morgan fingerprint density at radius 1 is 1.12 bits per heavy atom. The summed E-state index contributed by atoms with van der Waals surface area (Å²) in [6.45, 7) is 0.938. The number of carboxylic acids is 1. The topological polar surface area (TPSA) is 88.8 Å². The van der Waals surface area contributed by atoms with Gasteiger partial charge in [0.2, 0.25) is 0 Å². The Kier molecular flexibility index (Phi) is 7.47. The number of methoxy groups -OCH3 is 1. The van der Waals surface area contributed by atoms with Crippen LogP contribution in [0.15, 0.2) is 48.5 Å². The van der Waals surface area contributed by atoms with Gasteiger partial charge in [-0.2, -0.15) is 5.26 Å². The third-order valence-corrected chi connectivity index (χ3v) is 3.67. The van der Waals surface area contributed by atoms with E-state index >= 15 is 0 Å². The van der Waals surface area contributed by atoms with E-state index in [2.05, 4.69) is 6.07 Å². The summed E-state index contributed by atoms with van der Waals surface area (Å²) >= 11 is 0. The lowest BCUT2D eigenvalue weighted by atomic mass is 10.1. The molecule has 0 radical (unpaired) electrons. The fourth-order valence-corrected chi connectivity index (χ4v) is 2.34. The number of nitriles is 1. The molecule has 0 saturated carbocycles. The van der Waals surface area contributed by atoms with Crippen LogP contribution in [0.2, 0.25) is 0 Å². The Hall–Kier alpha value is -3.04. The average molecular weight is 355 g/mol. The summed E-state index contributed by atoms with van der Waals surface area (Å²) < 4.78 is 16.2. The maximum Gasteiger partial charge on any atom is 0.333 e. The molecule has 2 aromatic rings. The van der Waals surface area contributed by atoms with Crippen molar-refractivity contribution in [2.75, 3.05) is 20.3 Å². The number of hydrogen-bond acceptors (Lipinski definition) is 5. The number of rotatable bonds is 10. The van der Waals surface area contributed by atoms with Gasteiger partial charge in [-0.05, 0) is 35.9 Å². The SMILES string of the molecule is COC(Cc1cccc(OCCCOc2cccc(C#N)c2)c1)C(=O)O. The summed E-state index contributed by atoms with van der Waals surface area (Å²) in [5.74, 6) is 0.344. The lowest BCUT2D eigenvalue weighted by molar-refractivity contribution is -0.148. The van der Waals surface area contributed by atoms with Gasteiger partial charge < -0.3 is 19.3 Å². The van der Waals surface area contributed by atoms with E-state index in [-0.39, 0.29) is 6.42 Å². The Morgan fingerprint density at radius 3 is 2.38 bits per heavy atom. The van der Waals surface area contributed by atoms with Crippen LogP contribution in [0.25, 0.3) is 0 Å². The second kappa shape index (κ2) is 10.1. The van der Waals surface area contributed by atoms with Gasteiger partial charge in [-0.3, -0.25) is 0 Å². The van der Waals surface area contributed by atoms with Crippen LogP contribution in [-0.2, 0) is 16.0 Å². The minimum Gasteiger partial charge on any atom is -0.493 e. The molecule has 0 aliphatic carbocycles. The molecule has 1 atom stereocenters. The number of carboxylic acid groups (broad SMARTS) is 1. The summed E-state index contributed by atoms with van der Waals surface area (Å²) in [4.78, 5) is 11.0. The largest absolute Gasteiger partial charge is 0.493 e. The van der Waals surface area contributed by atoms with Crippen LogP contribution in [0, 0.1) is 11.3 Å². The Labute approximate surface area is 152 Å². The zero-order valence-corrected chi connectivity index (χ0v) is 14.6. The number of hydrogen-bond donors (Lipinski definition) is 1. The van der Waals surface area contributed by atoms with Crippen LogP contribution < -0.4 is 9.47 Å². The third kappa shape index (κ3) is 6.11. The average Bonchev–Trinajstić information content (AvgIpc) is 2.66. The summed E-state index contributed by atoms with van der Waals surface area (Å²) in [6.07, 6.45) is 0.0842. The first kappa shape index (κ1) is 19.3. The van der Waals surface area contributed by atoms with E-state index < -0.39 is 12.1 Å². The fourth-order valence-electron chi connectivity index (χ4n) is 2.34. The van der Waals surface area contributed by atoms with E-state index in [0.29, 0.717) is 36.7 Å². The number of benzene rings is 2. The normalized spacial score (nSPS) is 11.4. The summed E-state index contributed by atoms with van der Waals surface area (Å²) in [5.41, 5.74) is 1.40. The lowest BCUT2D eigenvalue weighted by Gasteiger charge is -2.12. The van der Waals surface area contributed by atoms with Crippen molar-refractivity contribution >= 4 is 5.97 Å². The molecule has 1 N–H and O–H groups in total. The van der Waals surface area contributed by atoms with E-state index in [4.69, 9.17) is 24.6 Å². The molecule has 0 amide bonds. The Bertz CT molecular complexity index is 769. The van der Waals surface area contributed by atoms with E-state index in [1.165, 1.54) is 7.11 Å². The zero-order valence-electron chi connectivity index (χ0n) is 14.6. The molecule has 0 saturated heterocycles. The summed E-state index contributed by atoms with van der Waals surface area (Å²) in [6, 6.07) is 16.4. The quantitative estimate of drug-likeness (QED) is 0.659. The van der Waals surface area contributed by atoms with E-state index in [1.54, 1.807) is 24.3 Å². The monoisotopic (exact) mass is 355 g/mol. The van der Waals surface area contributed by atoms with Crippen molar-refractivity contribution in [2.45, 2.75) is 18.9 Å². The second-order valence-electron chi connectivity index (χ2n) is 5.60. The van der Waals surface area contributed by atoms with Crippen molar-refractivity contribution in [3.63, 3.8) is 0 Å². The predicted molar refractivity (Wildman–Crippen MR) is 95.3 cm³/mol. The van der Waals surface area contributed by atoms with Crippen molar-refractivity contribution in [3.8, 4) is 17.6 Å². The molecule has 2 aromatic carbocycles. The van der Waals surface area contributed by atoms with Crippen molar-refractivity contribution in [1.29, 1.82) is 5.26 Å². The highest BCUT2D eigenvalue weighted by atomic mass is 16.5. The molecule has 0 bridgehead atoms. The van der Waals surface area contributed by atoms with Gasteiger partial charge in [-0.25, -0.2) is 4.79 Å². The highest BCUT2D eigenvalue weighted by Crippen LogP contribution is 2.16. The molecule has 2 rings (SSSR count). The molecule has 1 unspecified atom stereocenters. The van der Waals surface area contributed by atoms with E-state index in [1.807, 2.05) is 24.3 Å². The molecule has 6 heteroatoms. The molecule has 136 valence electrons. The van der Waals surface area contributed by atoms with Crippen LogP contribution >= 0.6 is 0 Å². The molecule has 0 aromatic heterocycles. The number of aliphatic carboxylic acids is 1. The van der Waals surface area contributed by atoms with Crippen molar-refractivity contribution < 1.29 is 24.1 Å². The minimum atomic E-state index is -0.989. The van der Waals surface area contributed by atoms with E-state index in [9.17, 15) is 4.79 Å². The molecule has 0 aliphatic rings. The molecule has 0 fully saturated rings. The van der Waals surface area contributed by atoms with Gasteiger partial charge >= 0.3 is 5.97 Å². The van der Waals surface area contributed by atoms with E-state index in [0.717, 1.165) is 5.56 Å². The van der Waals surface area contributed by atoms with Gasteiger partial charge in [0.25, 0.3) is 0 Å². The van der Waals surface area contributed by atoms with Gasteiger partial charge in [-0.1, -0.05) is 18.2 Å². The van der Waals surface area contributed by atoms with Crippen LogP contribution in [-0.4, -0.2) is 37.5 Å². The highest BCUT2D eigenvalue weighted by Gasteiger charge is 2.16. The van der Waals surface area contributed by atoms with Gasteiger partial charge in [0.05, 0.1) is 24.8 Å². The van der Waals surface area contributed by atoms with Crippen molar-refractivity contribution in [1.82, 2.24) is 0 Å². The lowest BCUT2D eigenvalue weighted by Crippen LogP contribution is -2.24. The van der Waals surface area contributed by atoms with Gasteiger partial charge in [-0.15, -0.1) is 0 Å². The molecule has 6 nitrogen and oxygen atoms in total.